The van der Waals surface area contributed by atoms with Gasteiger partial charge in [-0.25, -0.2) is 4.68 Å². The van der Waals surface area contributed by atoms with Gasteiger partial charge in [0.25, 0.3) is 23.2 Å². The standard InChI is InChI=1S/C22H22N6O6/c1-4-25(5-2)22(30)17-13-23-26(16-9-7-6-8-10-16)20(17)24-21(29)15-11-18(27(31)32)14(3)19(12-15)28(33)34/h6-13H,4-5H2,1-3H3,(H,24,29). The van der Waals surface area contributed by atoms with E-state index in [1.807, 2.05) is 13.8 Å². The fraction of sp³-hybridized carbons (Fsp3) is 0.227. The number of rotatable bonds is 8. The third-order valence-corrected chi connectivity index (χ3v) is 5.29. The van der Waals surface area contributed by atoms with Crippen molar-refractivity contribution in [3.63, 3.8) is 0 Å². The topological polar surface area (TPSA) is 154 Å². The molecule has 1 heterocycles. The Morgan fingerprint density at radius 2 is 1.59 bits per heavy atom. The zero-order chi connectivity index (χ0) is 25.0. The van der Waals surface area contributed by atoms with Gasteiger partial charge in [-0.1, -0.05) is 18.2 Å². The van der Waals surface area contributed by atoms with E-state index in [4.69, 9.17) is 0 Å². The summed E-state index contributed by atoms with van der Waals surface area (Å²) < 4.78 is 1.35. The van der Waals surface area contributed by atoms with Gasteiger partial charge < -0.3 is 10.2 Å². The highest BCUT2D eigenvalue weighted by Gasteiger charge is 2.28. The van der Waals surface area contributed by atoms with E-state index in [2.05, 4.69) is 10.4 Å². The second-order valence-corrected chi connectivity index (χ2v) is 7.24. The fourth-order valence-electron chi connectivity index (χ4n) is 3.45. The largest absolute Gasteiger partial charge is 0.339 e. The Morgan fingerprint density at radius 3 is 2.09 bits per heavy atom. The molecule has 12 nitrogen and oxygen atoms in total. The Morgan fingerprint density at radius 1 is 1.03 bits per heavy atom. The molecule has 0 atom stereocenters. The summed E-state index contributed by atoms with van der Waals surface area (Å²) in [6, 6.07) is 10.7. The van der Waals surface area contributed by atoms with Crippen molar-refractivity contribution in [1.82, 2.24) is 14.7 Å². The molecule has 0 bridgehead atoms. The van der Waals surface area contributed by atoms with Crippen molar-refractivity contribution in [1.29, 1.82) is 0 Å². The Hall–Kier alpha value is -4.61. The van der Waals surface area contributed by atoms with Crippen LogP contribution in [0.3, 0.4) is 0 Å². The minimum atomic E-state index is -0.863. The quantitative estimate of drug-likeness (QED) is 0.392. The number of para-hydroxylation sites is 1. The molecule has 12 heteroatoms. The van der Waals surface area contributed by atoms with Gasteiger partial charge in [-0.2, -0.15) is 5.10 Å². The van der Waals surface area contributed by atoms with Crippen LogP contribution in [0.4, 0.5) is 17.2 Å². The van der Waals surface area contributed by atoms with Gasteiger partial charge in [0, 0.05) is 25.2 Å². The highest BCUT2D eigenvalue weighted by molar-refractivity contribution is 6.09. The maximum Gasteiger partial charge on any atom is 0.279 e. The van der Waals surface area contributed by atoms with Crippen LogP contribution >= 0.6 is 0 Å². The minimum absolute atomic E-state index is 0.0407. The van der Waals surface area contributed by atoms with E-state index in [1.165, 1.54) is 17.8 Å². The van der Waals surface area contributed by atoms with Crippen LogP contribution in [0.1, 0.15) is 40.1 Å². The lowest BCUT2D eigenvalue weighted by Crippen LogP contribution is -2.31. The molecule has 0 aliphatic heterocycles. The van der Waals surface area contributed by atoms with Gasteiger partial charge in [0.15, 0.2) is 0 Å². The number of aromatic nitrogens is 2. The molecule has 0 aliphatic carbocycles. The van der Waals surface area contributed by atoms with Crippen LogP contribution in [-0.2, 0) is 0 Å². The predicted octanol–water partition coefficient (Wildman–Crippen LogP) is 3.73. The van der Waals surface area contributed by atoms with Gasteiger partial charge in [0.2, 0.25) is 0 Å². The molecular weight excluding hydrogens is 444 g/mol. The van der Waals surface area contributed by atoms with E-state index in [1.54, 1.807) is 35.2 Å². The van der Waals surface area contributed by atoms with Gasteiger partial charge in [0.1, 0.15) is 16.9 Å². The molecule has 0 saturated heterocycles. The summed E-state index contributed by atoms with van der Waals surface area (Å²) in [5.74, 6) is -1.19. The van der Waals surface area contributed by atoms with Crippen molar-refractivity contribution in [2.24, 2.45) is 0 Å². The molecule has 0 unspecified atom stereocenters. The summed E-state index contributed by atoms with van der Waals surface area (Å²) in [6.45, 7) is 5.71. The van der Waals surface area contributed by atoms with Gasteiger partial charge in [0.05, 0.1) is 27.3 Å². The molecule has 1 aromatic heterocycles. The molecule has 0 spiro atoms. The summed E-state index contributed by atoms with van der Waals surface area (Å²) in [6.07, 6.45) is 1.32. The van der Waals surface area contributed by atoms with Crippen LogP contribution in [0.25, 0.3) is 5.69 Å². The number of benzene rings is 2. The first kappa shape index (κ1) is 24.0. The molecular formula is C22H22N6O6. The first-order valence-corrected chi connectivity index (χ1v) is 10.4. The lowest BCUT2D eigenvalue weighted by atomic mass is 10.1. The van der Waals surface area contributed by atoms with Crippen molar-refractivity contribution < 1.29 is 19.4 Å². The van der Waals surface area contributed by atoms with E-state index in [0.717, 1.165) is 12.1 Å². The van der Waals surface area contributed by atoms with Crippen LogP contribution < -0.4 is 5.32 Å². The van der Waals surface area contributed by atoms with Crippen LogP contribution in [0.2, 0.25) is 0 Å². The molecule has 2 aromatic carbocycles. The summed E-state index contributed by atoms with van der Waals surface area (Å²) in [5, 5.41) is 29.6. The van der Waals surface area contributed by atoms with Crippen molar-refractivity contribution >= 4 is 29.0 Å². The fourth-order valence-corrected chi connectivity index (χ4v) is 3.45. The van der Waals surface area contributed by atoms with E-state index in [-0.39, 0.29) is 28.4 Å². The zero-order valence-corrected chi connectivity index (χ0v) is 18.7. The maximum absolute atomic E-state index is 13.1. The monoisotopic (exact) mass is 466 g/mol. The number of amides is 2. The Labute approximate surface area is 194 Å². The third kappa shape index (κ3) is 4.60. The first-order chi connectivity index (χ1) is 16.2. The average Bonchev–Trinajstić information content (AvgIpc) is 3.23. The summed E-state index contributed by atoms with van der Waals surface area (Å²) in [5.41, 5.74) is -0.927. The molecule has 2 amide bonds. The highest BCUT2D eigenvalue weighted by Crippen LogP contribution is 2.30. The smallest absolute Gasteiger partial charge is 0.279 e. The number of nitro groups is 2. The van der Waals surface area contributed by atoms with Crippen molar-refractivity contribution in [2.45, 2.75) is 20.8 Å². The molecule has 0 saturated carbocycles. The maximum atomic E-state index is 13.1. The van der Waals surface area contributed by atoms with Gasteiger partial charge >= 0.3 is 0 Å². The van der Waals surface area contributed by atoms with Gasteiger partial charge in [-0.05, 0) is 32.9 Å². The SMILES string of the molecule is CCN(CC)C(=O)c1cnn(-c2ccccc2)c1NC(=O)c1cc([N+](=O)[O-])c(C)c([N+](=O)[O-])c1. The molecule has 34 heavy (non-hydrogen) atoms. The second-order valence-electron chi connectivity index (χ2n) is 7.24. The summed E-state index contributed by atoms with van der Waals surface area (Å²) in [4.78, 5) is 48.9. The van der Waals surface area contributed by atoms with Gasteiger partial charge in [-0.3, -0.25) is 29.8 Å². The number of nitrogens with one attached hydrogen (secondary N) is 1. The van der Waals surface area contributed by atoms with Gasteiger partial charge in [-0.15, -0.1) is 0 Å². The Bertz CT molecular complexity index is 1230. The lowest BCUT2D eigenvalue weighted by molar-refractivity contribution is -0.395. The van der Waals surface area contributed by atoms with E-state index >= 15 is 0 Å². The first-order valence-electron chi connectivity index (χ1n) is 10.4. The van der Waals surface area contributed by atoms with Crippen LogP contribution in [0.15, 0.2) is 48.7 Å². The van der Waals surface area contributed by atoms with Crippen molar-refractivity contribution in [3.05, 3.63) is 85.6 Å². The van der Waals surface area contributed by atoms with Crippen molar-refractivity contribution in [2.75, 3.05) is 18.4 Å². The average molecular weight is 466 g/mol. The van der Waals surface area contributed by atoms with E-state index in [0.29, 0.717) is 18.8 Å². The molecule has 0 aliphatic rings. The minimum Gasteiger partial charge on any atom is -0.339 e. The number of hydrogen-bond acceptors (Lipinski definition) is 7. The number of hydrogen-bond donors (Lipinski definition) is 1. The number of carbonyl (C=O) groups excluding carboxylic acids is 2. The molecule has 1 N–H and O–H groups in total. The van der Waals surface area contributed by atoms with Crippen LogP contribution in [0, 0.1) is 27.2 Å². The summed E-state index contributed by atoms with van der Waals surface area (Å²) in [7, 11) is 0. The lowest BCUT2D eigenvalue weighted by Gasteiger charge is -2.19. The molecule has 3 rings (SSSR count). The number of carbonyl (C=O) groups is 2. The number of anilines is 1. The Balaban J connectivity index is 2.12. The number of nitrogens with zero attached hydrogens (tertiary/aromatic N) is 5. The molecule has 0 radical (unpaired) electrons. The number of nitro benzene ring substituents is 2. The predicted molar refractivity (Wildman–Crippen MR) is 123 cm³/mol. The van der Waals surface area contributed by atoms with E-state index in [9.17, 15) is 29.8 Å². The molecule has 176 valence electrons. The van der Waals surface area contributed by atoms with Crippen LogP contribution in [0.5, 0.6) is 0 Å². The molecule has 3 aromatic rings. The zero-order valence-electron chi connectivity index (χ0n) is 18.7. The highest BCUT2D eigenvalue weighted by atomic mass is 16.6. The third-order valence-electron chi connectivity index (χ3n) is 5.29. The second kappa shape index (κ2) is 9.90. The summed E-state index contributed by atoms with van der Waals surface area (Å²) >= 11 is 0. The van der Waals surface area contributed by atoms with Crippen molar-refractivity contribution in [3.8, 4) is 5.69 Å². The van der Waals surface area contributed by atoms with Crippen LogP contribution in [-0.4, -0.2) is 49.4 Å². The normalized spacial score (nSPS) is 10.6. The molecule has 0 fully saturated rings. The Kier molecular flexibility index (Phi) is 7.00. The van der Waals surface area contributed by atoms with E-state index < -0.39 is 27.1 Å².